The van der Waals surface area contributed by atoms with Gasteiger partial charge in [-0.2, -0.15) is 0 Å². The van der Waals surface area contributed by atoms with Crippen molar-refractivity contribution in [1.29, 1.82) is 0 Å². The minimum Gasteiger partial charge on any atom is -0.381 e. The lowest BCUT2D eigenvalue weighted by Gasteiger charge is -2.05. The molecular weight excluding hydrogens is 164 g/mol. The third-order valence-corrected chi connectivity index (χ3v) is 2.48. The van der Waals surface area contributed by atoms with Gasteiger partial charge in [0.05, 0.1) is 0 Å². The van der Waals surface area contributed by atoms with Gasteiger partial charge in [-0.05, 0) is 12.3 Å². The molecule has 1 unspecified atom stereocenters. The zero-order valence-electron chi connectivity index (χ0n) is 8.63. The molecule has 0 aliphatic carbocycles. The van der Waals surface area contributed by atoms with E-state index >= 15 is 0 Å². The molecular formula is C10H18N2O. The van der Waals surface area contributed by atoms with Gasteiger partial charge >= 0.3 is 0 Å². The fraction of sp³-hybridized carbons (Fsp3) is 0.700. The van der Waals surface area contributed by atoms with Gasteiger partial charge in [0.25, 0.3) is 0 Å². The van der Waals surface area contributed by atoms with Crippen molar-refractivity contribution >= 4 is 5.82 Å². The van der Waals surface area contributed by atoms with Crippen molar-refractivity contribution in [2.45, 2.75) is 40.0 Å². The summed E-state index contributed by atoms with van der Waals surface area (Å²) < 4.78 is 5.18. The van der Waals surface area contributed by atoms with E-state index in [2.05, 4.69) is 25.9 Å². The molecule has 0 aliphatic rings. The zero-order chi connectivity index (χ0) is 9.84. The predicted octanol–water partition coefficient (Wildman–Crippen LogP) is 2.41. The molecule has 0 spiro atoms. The Kier molecular flexibility index (Phi) is 3.34. The van der Waals surface area contributed by atoms with Gasteiger partial charge in [0.1, 0.15) is 5.76 Å². The maximum absolute atomic E-state index is 5.66. The Bertz CT molecular complexity index is 268. The first-order valence-electron chi connectivity index (χ1n) is 4.91. The van der Waals surface area contributed by atoms with Gasteiger partial charge in [-0.3, -0.25) is 0 Å². The van der Waals surface area contributed by atoms with Gasteiger partial charge in [-0.1, -0.05) is 32.3 Å². The second-order valence-electron chi connectivity index (χ2n) is 3.54. The molecule has 1 atom stereocenters. The van der Waals surface area contributed by atoms with Crippen LogP contribution in [0.2, 0.25) is 0 Å². The largest absolute Gasteiger partial charge is 0.381 e. The maximum Gasteiger partial charge on any atom is 0.170 e. The van der Waals surface area contributed by atoms with Gasteiger partial charge in [0.2, 0.25) is 0 Å². The van der Waals surface area contributed by atoms with Crippen molar-refractivity contribution in [1.82, 2.24) is 5.16 Å². The Morgan fingerprint density at radius 2 is 2.15 bits per heavy atom. The molecule has 3 heteroatoms. The van der Waals surface area contributed by atoms with Crippen LogP contribution in [0.15, 0.2) is 4.52 Å². The normalized spacial score (nSPS) is 13.2. The number of rotatable bonds is 4. The van der Waals surface area contributed by atoms with Crippen molar-refractivity contribution in [3.8, 4) is 0 Å². The minimum absolute atomic E-state index is 0.556. The maximum atomic E-state index is 5.66. The molecule has 1 aromatic heterocycles. The summed E-state index contributed by atoms with van der Waals surface area (Å²) in [7, 11) is 0. The predicted molar refractivity (Wildman–Crippen MR) is 53.5 cm³/mol. The van der Waals surface area contributed by atoms with E-state index in [1.165, 1.54) is 0 Å². The zero-order valence-corrected chi connectivity index (χ0v) is 8.63. The number of nitrogens with two attached hydrogens (primary N) is 1. The smallest absolute Gasteiger partial charge is 0.170 e. The van der Waals surface area contributed by atoms with Crippen molar-refractivity contribution < 1.29 is 4.52 Å². The summed E-state index contributed by atoms with van der Waals surface area (Å²) in [5.41, 5.74) is 6.75. The Labute approximate surface area is 79.3 Å². The highest BCUT2D eigenvalue weighted by Crippen LogP contribution is 2.20. The summed E-state index contributed by atoms with van der Waals surface area (Å²) in [5, 5.41) is 3.78. The number of nitrogen functional groups attached to an aromatic ring is 1. The van der Waals surface area contributed by atoms with E-state index in [4.69, 9.17) is 10.3 Å². The first-order valence-corrected chi connectivity index (χ1v) is 4.91. The Balaban J connectivity index is 2.76. The molecule has 1 aromatic rings. The molecule has 13 heavy (non-hydrogen) atoms. The summed E-state index contributed by atoms with van der Waals surface area (Å²) in [6.07, 6.45) is 3.01. The van der Waals surface area contributed by atoms with Crippen molar-refractivity contribution in [2.24, 2.45) is 5.92 Å². The van der Waals surface area contributed by atoms with E-state index in [-0.39, 0.29) is 0 Å². The average molecular weight is 182 g/mol. The Morgan fingerprint density at radius 3 is 2.69 bits per heavy atom. The van der Waals surface area contributed by atoms with E-state index in [9.17, 15) is 0 Å². The van der Waals surface area contributed by atoms with E-state index < -0.39 is 0 Å². The van der Waals surface area contributed by atoms with Gasteiger partial charge in [-0.15, -0.1) is 0 Å². The molecule has 0 radical (unpaired) electrons. The molecule has 2 N–H and O–H groups in total. The van der Waals surface area contributed by atoms with Crippen LogP contribution < -0.4 is 5.73 Å². The lowest BCUT2D eigenvalue weighted by molar-refractivity contribution is 0.362. The number of aromatic nitrogens is 1. The van der Waals surface area contributed by atoms with Crippen LogP contribution in [0, 0.1) is 5.92 Å². The molecule has 74 valence electrons. The molecule has 0 saturated heterocycles. The van der Waals surface area contributed by atoms with Gasteiger partial charge < -0.3 is 10.3 Å². The SMILES string of the molecule is CCc1c(N)noc1CC(C)CC. The highest BCUT2D eigenvalue weighted by molar-refractivity contribution is 5.40. The van der Waals surface area contributed by atoms with Crippen LogP contribution in [-0.4, -0.2) is 5.16 Å². The van der Waals surface area contributed by atoms with Crippen LogP contribution in [0.5, 0.6) is 0 Å². The number of anilines is 1. The van der Waals surface area contributed by atoms with Crippen molar-refractivity contribution in [3.63, 3.8) is 0 Å². The molecule has 3 nitrogen and oxygen atoms in total. The molecule has 0 aromatic carbocycles. The molecule has 0 fully saturated rings. The second-order valence-corrected chi connectivity index (χ2v) is 3.54. The quantitative estimate of drug-likeness (QED) is 0.778. The van der Waals surface area contributed by atoms with Crippen LogP contribution >= 0.6 is 0 Å². The highest BCUT2D eigenvalue weighted by Gasteiger charge is 2.13. The third-order valence-electron chi connectivity index (χ3n) is 2.48. The number of nitrogens with zero attached hydrogens (tertiary/aromatic N) is 1. The Morgan fingerprint density at radius 1 is 1.46 bits per heavy atom. The molecule has 0 aliphatic heterocycles. The summed E-state index contributed by atoms with van der Waals surface area (Å²) in [6, 6.07) is 0. The summed E-state index contributed by atoms with van der Waals surface area (Å²) >= 11 is 0. The van der Waals surface area contributed by atoms with Crippen LogP contribution in [0.25, 0.3) is 0 Å². The second kappa shape index (κ2) is 4.30. The first-order chi connectivity index (χ1) is 6.19. The third kappa shape index (κ3) is 2.23. The number of hydrogen-bond acceptors (Lipinski definition) is 3. The monoisotopic (exact) mass is 182 g/mol. The Hall–Kier alpha value is -0.990. The molecule has 0 saturated carbocycles. The molecule has 1 rings (SSSR count). The first kappa shape index (κ1) is 10.1. The highest BCUT2D eigenvalue weighted by atomic mass is 16.5. The van der Waals surface area contributed by atoms with Crippen molar-refractivity contribution in [2.75, 3.05) is 5.73 Å². The van der Waals surface area contributed by atoms with Crippen LogP contribution in [0.3, 0.4) is 0 Å². The van der Waals surface area contributed by atoms with Crippen LogP contribution in [0.4, 0.5) is 5.82 Å². The fourth-order valence-corrected chi connectivity index (χ4v) is 1.36. The van der Waals surface area contributed by atoms with Gasteiger partial charge in [-0.25, -0.2) is 0 Å². The standard InChI is InChI=1S/C10H18N2O/c1-4-7(3)6-9-8(5-2)10(11)12-13-9/h7H,4-6H2,1-3H3,(H2,11,12). The lowest BCUT2D eigenvalue weighted by atomic mass is 10.0. The molecule has 1 heterocycles. The van der Waals surface area contributed by atoms with E-state index in [1.54, 1.807) is 0 Å². The lowest BCUT2D eigenvalue weighted by Crippen LogP contribution is -2.00. The minimum atomic E-state index is 0.556. The number of hydrogen-bond donors (Lipinski definition) is 1. The summed E-state index contributed by atoms with van der Waals surface area (Å²) in [5.74, 6) is 2.16. The van der Waals surface area contributed by atoms with E-state index in [1.807, 2.05) is 0 Å². The van der Waals surface area contributed by atoms with E-state index in [0.717, 1.165) is 30.6 Å². The van der Waals surface area contributed by atoms with Gasteiger partial charge in [0, 0.05) is 12.0 Å². The molecule has 0 amide bonds. The van der Waals surface area contributed by atoms with Crippen molar-refractivity contribution in [3.05, 3.63) is 11.3 Å². The average Bonchev–Trinajstić information content (AvgIpc) is 2.46. The summed E-state index contributed by atoms with van der Waals surface area (Å²) in [4.78, 5) is 0. The van der Waals surface area contributed by atoms with E-state index in [0.29, 0.717) is 11.7 Å². The van der Waals surface area contributed by atoms with Gasteiger partial charge in [0.15, 0.2) is 5.82 Å². The summed E-state index contributed by atoms with van der Waals surface area (Å²) in [6.45, 7) is 6.46. The fourth-order valence-electron chi connectivity index (χ4n) is 1.36. The van der Waals surface area contributed by atoms with Crippen LogP contribution in [0.1, 0.15) is 38.5 Å². The van der Waals surface area contributed by atoms with Crippen LogP contribution in [-0.2, 0) is 12.8 Å². The topological polar surface area (TPSA) is 52.0 Å². The molecule has 0 bridgehead atoms.